The number of nitrogens with zero attached hydrogens (tertiary/aromatic N) is 1. The first kappa shape index (κ1) is 16.4. The van der Waals surface area contributed by atoms with E-state index in [1.807, 2.05) is 0 Å². The number of likely N-dealkylation sites (tertiary alicyclic amines) is 1. The van der Waals surface area contributed by atoms with Gasteiger partial charge in [0.1, 0.15) is 4.21 Å². The van der Waals surface area contributed by atoms with Crippen molar-refractivity contribution in [3.63, 3.8) is 0 Å². The van der Waals surface area contributed by atoms with E-state index < -0.39 is 16.0 Å². The third-order valence-corrected chi connectivity index (χ3v) is 6.56. The molecule has 8 heteroatoms. The molecule has 1 fully saturated rings. The molecule has 1 unspecified atom stereocenters. The first-order valence-electron chi connectivity index (χ1n) is 6.85. The number of thiophene rings is 1. The number of hydrogen-bond donors (Lipinski definition) is 2. The molecule has 1 atom stereocenters. The number of nitrogens with one attached hydrogen (secondary N) is 1. The molecule has 0 radical (unpaired) electrons. The molecule has 2 rings (SSSR count). The van der Waals surface area contributed by atoms with Gasteiger partial charge in [0, 0.05) is 24.5 Å². The van der Waals surface area contributed by atoms with Gasteiger partial charge in [0.25, 0.3) is 0 Å². The van der Waals surface area contributed by atoms with E-state index in [1.165, 1.54) is 11.4 Å². The third kappa shape index (κ3) is 4.03. The van der Waals surface area contributed by atoms with E-state index in [2.05, 4.69) is 23.5 Å². The lowest BCUT2D eigenvalue weighted by Crippen LogP contribution is -2.32. The van der Waals surface area contributed by atoms with Gasteiger partial charge in [0.05, 0.1) is 5.56 Å². The summed E-state index contributed by atoms with van der Waals surface area (Å²) in [5.41, 5.74) is 0.00669. The molecule has 1 aliphatic rings. The van der Waals surface area contributed by atoms with Crippen molar-refractivity contribution in [2.75, 3.05) is 19.6 Å². The molecule has 21 heavy (non-hydrogen) atoms. The Morgan fingerprint density at radius 3 is 2.81 bits per heavy atom. The number of hydrogen-bond acceptors (Lipinski definition) is 5. The minimum atomic E-state index is -3.61. The summed E-state index contributed by atoms with van der Waals surface area (Å²) in [6.45, 7) is 6.54. The molecule has 0 spiro atoms. The first-order valence-corrected chi connectivity index (χ1v) is 9.21. The lowest BCUT2D eigenvalue weighted by atomic mass is 10.1. The zero-order chi connectivity index (χ0) is 15.6. The SMILES string of the molecule is CC(C)N1CCC(CNS(=O)(=O)c2cc(C(=O)O)cs2)C1. The molecule has 1 aromatic heterocycles. The van der Waals surface area contributed by atoms with Crippen LogP contribution in [0.25, 0.3) is 0 Å². The molecular formula is C13H20N2O4S2. The Morgan fingerprint density at radius 2 is 2.29 bits per heavy atom. The summed E-state index contributed by atoms with van der Waals surface area (Å²) in [7, 11) is -3.61. The van der Waals surface area contributed by atoms with Gasteiger partial charge >= 0.3 is 5.97 Å². The van der Waals surface area contributed by atoms with E-state index >= 15 is 0 Å². The highest BCUT2D eigenvalue weighted by Gasteiger charge is 2.26. The highest BCUT2D eigenvalue weighted by molar-refractivity contribution is 7.91. The fraction of sp³-hybridized carbons (Fsp3) is 0.615. The van der Waals surface area contributed by atoms with Crippen molar-refractivity contribution < 1.29 is 18.3 Å². The van der Waals surface area contributed by atoms with Crippen LogP contribution in [0.15, 0.2) is 15.7 Å². The summed E-state index contributed by atoms with van der Waals surface area (Å²) < 4.78 is 26.9. The van der Waals surface area contributed by atoms with E-state index in [4.69, 9.17) is 5.11 Å². The highest BCUT2D eigenvalue weighted by Crippen LogP contribution is 2.22. The van der Waals surface area contributed by atoms with Crippen LogP contribution in [0, 0.1) is 5.92 Å². The van der Waals surface area contributed by atoms with Crippen LogP contribution in [-0.2, 0) is 10.0 Å². The summed E-state index contributed by atoms with van der Waals surface area (Å²) in [5, 5.41) is 10.2. The Labute approximate surface area is 128 Å². The number of sulfonamides is 1. The Balaban J connectivity index is 1.94. The Bertz CT molecular complexity index is 609. The van der Waals surface area contributed by atoms with Gasteiger partial charge < -0.3 is 10.0 Å². The largest absolute Gasteiger partial charge is 0.478 e. The van der Waals surface area contributed by atoms with Crippen molar-refractivity contribution >= 4 is 27.3 Å². The number of aromatic carboxylic acids is 1. The molecule has 0 amide bonds. The van der Waals surface area contributed by atoms with Crippen molar-refractivity contribution in [1.82, 2.24) is 9.62 Å². The van der Waals surface area contributed by atoms with Gasteiger partial charge in [-0.25, -0.2) is 17.9 Å². The second-order valence-electron chi connectivity index (χ2n) is 5.55. The molecule has 0 aromatic carbocycles. The van der Waals surface area contributed by atoms with Crippen molar-refractivity contribution in [2.24, 2.45) is 5.92 Å². The molecule has 0 bridgehead atoms. The Kier molecular flexibility index (Phi) is 5.03. The van der Waals surface area contributed by atoms with Gasteiger partial charge in [-0.3, -0.25) is 0 Å². The minimum Gasteiger partial charge on any atom is -0.478 e. The van der Waals surface area contributed by atoms with E-state index in [1.54, 1.807) is 0 Å². The molecule has 1 aliphatic heterocycles. The highest BCUT2D eigenvalue weighted by atomic mass is 32.2. The average Bonchev–Trinajstić information content (AvgIpc) is 3.06. The topological polar surface area (TPSA) is 86.7 Å². The van der Waals surface area contributed by atoms with Gasteiger partial charge in [0.2, 0.25) is 10.0 Å². The standard InChI is InChI=1S/C13H20N2O4S2/c1-9(2)15-4-3-10(7-15)6-14-21(18,19)12-5-11(8-20-12)13(16)17/h5,8-10,14H,3-4,6-7H2,1-2H3,(H,16,17). The second kappa shape index (κ2) is 6.43. The van der Waals surface area contributed by atoms with Crippen LogP contribution in [-0.4, -0.2) is 50.1 Å². The zero-order valence-corrected chi connectivity index (χ0v) is 13.7. The molecule has 1 saturated heterocycles. The van der Waals surface area contributed by atoms with Gasteiger partial charge in [-0.2, -0.15) is 0 Å². The fourth-order valence-corrected chi connectivity index (χ4v) is 4.68. The lowest BCUT2D eigenvalue weighted by Gasteiger charge is -2.20. The summed E-state index contributed by atoms with van der Waals surface area (Å²) in [6, 6.07) is 1.67. The van der Waals surface area contributed by atoms with Crippen LogP contribution >= 0.6 is 11.3 Å². The maximum Gasteiger partial charge on any atom is 0.336 e. The Hall–Kier alpha value is -0.960. The molecule has 1 aromatic rings. The molecule has 2 N–H and O–H groups in total. The predicted octanol–water partition coefficient (Wildman–Crippen LogP) is 1.45. The third-order valence-electron chi connectivity index (χ3n) is 3.70. The normalized spacial score (nSPS) is 20.2. The predicted molar refractivity (Wildman–Crippen MR) is 81.3 cm³/mol. The van der Waals surface area contributed by atoms with Crippen molar-refractivity contribution in [1.29, 1.82) is 0 Å². The monoisotopic (exact) mass is 332 g/mol. The van der Waals surface area contributed by atoms with E-state index in [0.717, 1.165) is 30.8 Å². The van der Waals surface area contributed by atoms with E-state index in [-0.39, 0.29) is 9.77 Å². The van der Waals surface area contributed by atoms with Crippen LogP contribution < -0.4 is 4.72 Å². The molecule has 118 valence electrons. The summed E-state index contributed by atoms with van der Waals surface area (Å²) in [6.07, 6.45) is 0.978. The van der Waals surface area contributed by atoms with Crippen LogP contribution in [0.4, 0.5) is 0 Å². The Morgan fingerprint density at radius 1 is 1.57 bits per heavy atom. The second-order valence-corrected chi connectivity index (χ2v) is 8.46. The van der Waals surface area contributed by atoms with Crippen molar-refractivity contribution in [3.05, 3.63) is 17.0 Å². The lowest BCUT2D eigenvalue weighted by molar-refractivity contribution is 0.0697. The molecular weight excluding hydrogens is 312 g/mol. The number of carboxylic acids is 1. The van der Waals surface area contributed by atoms with Crippen LogP contribution in [0.5, 0.6) is 0 Å². The summed E-state index contributed by atoms with van der Waals surface area (Å²) >= 11 is 0.931. The maximum absolute atomic E-state index is 12.1. The first-order chi connectivity index (χ1) is 9.79. The molecule has 6 nitrogen and oxygen atoms in total. The van der Waals surface area contributed by atoms with Crippen molar-refractivity contribution in [3.8, 4) is 0 Å². The smallest absolute Gasteiger partial charge is 0.336 e. The molecule has 2 heterocycles. The number of carbonyl (C=O) groups is 1. The van der Waals surface area contributed by atoms with Crippen LogP contribution in [0.2, 0.25) is 0 Å². The minimum absolute atomic E-state index is 0.00669. The zero-order valence-electron chi connectivity index (χ0n) is 12.1. The van der Waals surface area contributed by atoms with Crippen LogP contribution in [0.1, 0.15) is 30.6 Å². The maximum atomic E-state index is 12.1. The van der Waals surface area contributed by atoms with Gasteiger partial charge in [-0.15, -0.1) is 11.3 Å². The van der Waals surface area contributed by atoms with E-state index in [9.17, 15) is 13.2 Å². The summed E-state index contributed by atoms with van der Waals surface area (Å²) in [5.74, 6) is -0.808. The van der Waals surface area contributed by atoms with Crippen molar-refractivity contribution in [2.45, 2.75) is 30.5 Å². The molecule has 0 aliphatic carbocycles. The number of carboxylic acid groups (broad SMARTS) is 1. The van der Waals surface area contributed by atoms with Gasteiger partial charge in [-0.1, -0.05) is 0 Å². The van der Waals surface area contributed by atoms with Gasteiger partial charge in [-0.05, 0) is 38.8 Å². The van der Waals surface area contributed by atoms with E-state index in [0.29, 0.717) is 18.5 Å². The fourth-order valence-electron chi connectivity index (χ4n) is 2.37. The quantitative estimate of drug-likeness (QED) is 0.823. The van der Waals surface area contributed by atoms with Gasteiger partial charge in [0.15, 0.2) is 0 Å². The number of rotatable bonds is 6. The van der Waals surface area contributed by atoms with Crippen LogP contribution in [0.3, 0.4) is 0 Å². The average molecular weight is 332 g/mol. The molecule has 0 saturated carbocycles. The summed E-state index contributed by atoms with van der Waals surface area (Å²) in [4.78, 5) is 13.1.